The van der Waals surface area contributed by atoms with Gasteiger partial charge >= 0.3 is 0 Å². The summed E-state index contributed by atoms with van der Waals surface area (Å²) < 4.78 is 0. The normalized spacial score (nSPS) is 10.7. The molecule has 0 aliphatic heterocycles. The number of pyridine rings is 1. The van der Waals surface area contributed by atoms with E-state index in [1.165, 1.54) is 0 Å². The third-order valence-electron chi connectivity index (χ3n) is 3.14. The van der Waals surface area contributed by atoms with Gasteiger partial charge in [-0.25, -0.2) is 0 Å². The second-order valence-electron chi connectivity index (χ2n) is 4.45. The van der Waals surface area contributed by atoms with Gasteiger partial charge in [-0.15, -0.1) is 0 Å². The summed E-state index contributed by atoms with van der Waals surface area (Å²) in [6, 6.07) is 16.1. The van der Waals surface area contributed by atoms with Crippen molar-refractivity contribution in [3.63, 3.8) is 0 Å². The number of nitrogens with one attached hydrogen (secondary N) is 1. The second kappa shape index (κ2) is 4.15. The van der Waals surface area contributed by atoms with Crippen molar-refractivity contribution in [1.82, 2.24) is 4.98 Å². The Labute approximate surface area is 105 Å². The Balaban J connectivity index is 2.39. The monoisotopic (exact) mass is 235 g/mol. The average molecular weight is 235 g/mol. The van der Waals surface area contributed by atoms with E-state index in [4.69, 9.17) is 0 Å². The van der Waals surface area contributed by atoms with Crippen molar-refractivity contribution in [2.45, 2.75) is 6.92 Å². The quantitative estimate of drug-likeness (QED) is 0.688. The molecule has 0 spiro atoms. The van der Waals surface area contributed by atoms with E-state index >= 15 is 0 Å². The van der Waals surface area contributed by atoms with Gasteiger partial charge in [0.25, 0.3) is 5.56 Å². The van der Waals surface area contributed by atoms with E-state index in [9.17, 15) is 4.79 Å². The smallest absolute Gasteiger partial charge is 0.255 e. The van der Waals surface area contributed by atoms with Crippen LogP contribution in [0.1, 0.15) is 5.56 Å². The predicted molar refractivity (Wildman–Crippen MR) is 74.7 cm³/mol. The Morgan fingerprint density at radius 2 is 1.72 bits per heavy atom. The van der Waals surface area contributed by atoms with Crippen LogP contribution < -0.4 is 5.56 Å². The molecule has 2 nitrogen and oxygen atoms in total. The molecule has 2 heteroatoms. The fourth-order valence-electron chi connectivity index (χ4n) is 2.23. The number of fused-ring (bicyclic) bond motifs is 1. The Morgan fingerprint density at radius 1 is 0.944 bits per heavy atom. The van der Waals surface area contributed by atoms with Gasteiger partial charge in [-0.2, -0.15) is 0 Å². The number of aromatic nitrogens is 1. The number of hydrogen-bond donors (Lipinski definition) is 1. The second-order valence-corrected chi connectivity index (χ2v) is 4.45. The van der Waals surface area contributed by atoms with E-state index in [1.54, 1.807) is 6.20 Å². The standard InChI is InChI=1S/C16H13NO/c1-11-7-8-13-14(9-11)16(18)17-10-15(13)12-5-3-2-4-6-12/h2-10H,1H3,(H,17,18). The number of H-pyrrole nitrogens is 1. The van der Waals surface area contributed by atoms with E-state index < -0.39 is 0 Å². The van der Waals surface area contributed by atoms with Crippen molar-refractivity contribution in [1.29, 1.82) is 0 Å². The Kier molecular flexibility index (Phi) is 2.49. The van der Waals surface area contributed by atoms with Crippen molar-refractivity contribution in [2.24, 2.45) is 0 Å². The van der Waals surface area contributed by atoms with Crippen LogP contribution in [-0.2, 0) is 0 Å². The van der Waals surface area contributed by atoms with Crippen molar-refractivity contribution in [3.8, 4) is 11.1 Å². The first-order chi connectivity index (χ1) is 8.75. The van der Waals surface area contributed by atoms with E-state index in [-0.39, 0.29) is 5.56 Å². The molecule has 3 rings (SSSR count). The summed E-state index contributed by atoms with van der Waals surface area (Å²) in [5.41, 5.74) is 3.24. The van der Waals surface area contributed by atoms with Crippen LogP contribution in [0, 0.1) is 6.92 Å². The third-order valence-corrected chi connectivity index (χ3v) is 3.14. The van der Waals surface area contributed by atoms with Crippen LogP contribution in [0.2, 0.25) is 0 Å². The highest BCUT2D eigenvalue weighted by atomic mass is 16.1. The first-order valence-corrected chi connectivity index (χ1v) is 5.93. The number of benzene rings is 2. The van der Waals surface area contributed by atoms with Crippen molar-refractivity contribution in [2.75, 3.05) is 0 Å². The molecule has 1 N–H and O–H groups in total. The Bertz CT molecular complexity index is 757. The first kappa shape index (κ1) is 10.8. The van der Waals surface area contributed by atoms with Crippen LogP contribution in [0.25, 0.3) is 21.9 Å². The summed E-state index contributed by atoms with van der Waals surface area (Å²) in [6.45, 7) is 1.99. The molecule has 88 valence electrons. The van der Waals surface area contributed by atoms with E-state index in [0.717, 1.165) is 27.5 Å². The van der Waals surface area contributed by atoms with Gasteiger partial charge in [0.2, 0.25) is 0 Å². The van der Waals surface area contributed by atoms with Crippen molar-refractivity contribution < 1.29 is 0 Å². The summed E-state index contributed by atoms with van der Waals surface area (Å²) in [4.78, 5) is 14.7. The minimum absolute atomic E-state index is 0.0339. The predicted octanol–water partition coefficient (Wildman–Crippen LogP) is 3.50. The molecule has 0 unspecified atom stereocenters. The molecule has 1 heterocycles. The SMILES string of the molecule is Cc1ccc2c(-c3ccccc3)c[nH]c(=O)c2c1. The molecule has 0 aliphatic carbocycles. The lowest BCUT2D eigenvalue weighted by Crippen LogP contribution is -2.06. The maximum atomic E-state index is 11.9. The number of aromatic amines is 1. The number of hydrogen-bond acceptors (Lipinski definition) is 1. The van der Waals surface area contributed by atoms with Crippen LogP contribution in [0.3, 0.4) is 0 Å². The van der Waals surface area contributed by atoms with Gasteiger partial charge in [-0.3, -0.25) is 4.79 Å². The fourth-order valence-corrected chi connectivity index (χ4v) is 2.23. The lowest BCUT2D eigenvalue weighted by atomic mass is 10.00. The zero-order valence-electron chi connectivity index (χ0n) is 10.1. The van der Waals surface area contributed by atoms with Crippen molar-refractivity contribution in [3.05, 3.63) is 70.6 Å². The van der Waals surface area contributed by atoms with Gasteiger partial charge < -0.3 is 4.98 Å². The van der Waals surface area contributed by atoms with Crippen LogP contribution >= 0.6 is 0 Å². The van der Waals surface area contributed by atoms with Crippen LogP contribution in [0.5, 0.6) is 0 Å². The average Bonchev–Trinajstić information content (AvgIpc) is 2.41. The lowest BCUT2D eigenvalue weighted by Gasteiger charge is -2.06. The Hall–Kier alpha value is -2.35. The molecule has 0 aliphatic rings. The highest BCUT2D eigenvalue weighted by Crippen LogP contribution is 2.26. The lowest BCUT2D eigenvalue weighted by molar-refractivity contribution is 1.27. The number of rotatable bonds is 1. The molecule has 2 aromatic carbocycles. The molecule has 18 heavy (non-hydrogen) atoms. The molecule has 0 radical (unpaired) electrons. The molecule has 0 amide bonds. The van der Waals surface area contributed by atoms with Gasteiger partial charge in [0.15, 0.2) is 0 Å². The topological polar surface area (TPSA) is 32.9 Å². The van der Waals surface area contributed by atoms with E-state index in [1.807, 2.05) is 55.5 Å². The molecule has 0 fully saturated rings. The van der Waals surface area contributed by atoms with Gasteiger partial charge in [0.05, 0.1) is 0 Å². The van der Waals surface area contributed by atoms with Gasteiger partial charge in [-0.05, 0) is 23.9 Å². The summed E-state index contributed by atoms with van der Waals surface area (Å²) >= 11 is 0. The minimum atomic E-state index is -0.0339. The highest BCUT2D eigenvalue weighted by Gasteiger charge is 2.06. The minimum Gasteiger partial charge on any atom is -0.328 e. The maximum absolute atomic E-state index is 11.9. The van der Waals surface area contributed by atoms with Gasteiger partial charge in [0, 0.05) is 17.1 Å². The Morgan fingerprint density at radius 3 is 2.50 bits per heavy atom. The molecule has 0 bridgehead atoms. The van der Waals surface area contributed by atoms with Crippen LogP contribution in [0.15, 0.2) is 59.5 Å². The molecule has 0 saturated heterocycles. The summed E-state index contributed by atoms with van der Waals surface area (Å²) in [6.07, 6.45) is 1.79. The summed E-state index contributed by atoms with van der Waals surface area (Å²) in [5, 5.41) is 1.74. The molecule has 0 saturated carbocycles. The first-order valence-electron chi connectivity index (χ1n) is 5.93. The van der Waals surface area contributed by atoms with E-state index in [2.05, 4.69) is 4.98 Å². The summed E-state index contributed by atoms with van der Waals surface area (Å²) in [7, 11) is 0. The molecular weight excluding hydrogens is 222 g/mol. The molecule has 0 atom stereocenters. The van der Waals surface area contributed by atoms with Crippen LogP contribution in [0.4, 0.5) is 0 Å². The zero-order valence-corrected chi connectivity index (χ0v) is 10.1. The molecule has 3 aromatic rings. The number of aryl methyl sites for hydroxylation is 1. The largest absolute Gasteiger partial charge is 0.328 e. The van der Waals surface area contributed by atoms with E-state index in [0.29, 0.717) is 0 Å². The summed E-state index contributed by atoms with van der Waals surface area (Å²) in [5.74, 6) is 0. The third kappa shape index (κ3) is 1.72. The molecule has 1 aromatic heterocycles. The molecular formula is C16H13NO. The zero-order chi connectivity index (χ0) is 12.5. The van der Waals surface area contributed by atoms with Gasteiger partial charge in [0.1, 0.15) is 0 Å². The maximum Gasteiger partial charge on any atom is 0.255 e. The highest BCUT2D eigenvalue weighted by molar-refractivity contribution is 5.95. The van der Waals surface area contributed by atoms with Crippen LogP contribution in [-0.4, -0.2) is 4.98 Å². The van der Waals surface area contributed by atoms with Crippen molar-refractivity contribution >= 4 is 10.8 Å². The van der Waals surface area contributed by atoms with Gasteiger partial charge in [-0.1, -0.05) is 48.0 Å². The fraction of sp³-hybridized carbons (Fsp3) is 0.0625.